The van der Waals surface area contributed by atoms with Crippen LogP contribution in [0.5, 0.6) is 5.75 Å². The molecule has 0 saturated carbocycles. The Hall–Kier alpha value is -3.58. The SMILES string of the molecule is C#CCOc1ccc(CCNC(=O)C=Cc2cccc3cccnc23)cc1. The Balaban J connectivity index is 1.51. The lowest BCUT2D eigenvalue weighted by molar-refractivity contribution is -0.116. The van der Waals surface area contributed by atoms with Gasteiger partial charge in [0.2, 0.25) is 5.91 Å². The van der Waals surface area contributed by atoms with Crippen LogP contribution in [0.25, 0.3) is 17.0 Å². The first-order chi connectivity index (χ1) is 13.3. The molecule has 0 aliphatic rings. The van der Waals surface area contributed by atoms with E-state index in [4.69, 9.17) is 11.2 Å². The maximum absolute atomic E-state index is 12.1. The van der Waals surface area contributed by atoms with Crippen LogP contribution in [0.3, 0.4) is 0 Å². The number of terminal acetylenes is 1. The van der Waals surface area contributed by atoms with E-state index in [1.54, 1.807) is 18.3 Å². The number of nitrogens with zero attached hydrogens (tertiary/aromatic N) is 1. The predicted molar refractivity (Wildman–Crippen MR) is 108 cm³/mol. The summed E-state index contributed by atoms with van der Waals surface area (Å²) in [5.41, 5.74) is 2.92. The van der Waals surface area contributed by atoms with E-state index in [9.17, 15) is 4.79 Å². The lowest BCUT2D eigenvalue weighted by atomic mass is 10.1. The van der Waals surface area contributed by atoms with Crippen molar-refractivity contribution in [2.75, 3.05) is 13.2 Å². The van der Waals surface area contributed by atoms with Crippen LogP contribution >= 0.6 is 0 Å². The fourth-order valence-corrected chi connectivity index (χ4v) is 2.69. The Bertz CT molecular complexity index is 980. The Labute approximate surface area is 158 Å². The van der Waals surface area contributed by atoms with Crippen LogP contribution in [0, 0.1) is 12.3 Å². The lowest BCUT2D eigenvalue weighted by Crippen LogP contribution is -2.23. The number of carbonyl (C=O) groups is 1. The van der Waals surface area contributed by atoms with Gasteiger partial charge in [-0.3, -0.25) is 9.78 Å². The number of carbonyl (C=O) groups excluding carboxylic acids is 1. The third kappa shape index (κ3) is 5.20. The molecule has 4 nitrogen and oxygen atoms in total. The second-order valence-corrected chi connectivity index (χ2v) is 5.93. The third-order valence-corrected chi connectivity index (χ3v) is 4.04. The van der Waals surface area contributed by atoms with Gasteiger partial charge in [-0.15, -0.1) is 6.42 Å². The zero-order valence-electron chi connectivity index (χ0n) is 14.9. The normalized spacial score (nSPS) is 10.6. The fourth-order valence-electron chi connectivity index (χ4n) is 2.69. The zero-order valence-corrected chi connectivity index (χ0v) is 14.9. The molecule has 0 aliphatic carbocycles. The Morgan fingerprint density at radius 3 is 2.78 bits per heavy atom. The zero-order chi connectivity index (χ0) is 18.9. The van der Waals surface area contributed by atoms with Gasteiger partial charge in [-0.05, 0) is 36.3 Å². The molecule has 1 amide bonds. The van der Waals surface area contributed by atoms with Gasteiger partial charge in [-0.25, -0.2) is 0 Å². The number of ether oxygens (including phenoxy) is 1. The summed E-state index contributed by atoms with van der Waals surface area (Å²) in [6, 6.07) is 17.5. The van der Waals surface area contributed by atoms with E-state index in [1.807, 2.05) is 54.6 Å². The number of hydrogen-bond acceptors (Lipinski definition) is 3. The summed E-state index contributed by atoms with van der Waals surface area (Å²) in [5.74, 6) is 3.05. The molecule has 27 heavy (non-hydrogen) atoms. The Morgan fingerprint density at radius 2 is 1.96 bits per heavy atom. The smallest absolute Gasteiger partial charge is 0.244 e. The van der Waals surface area contributed by atoms with Crippen LogP contribution < -0.4 is 10.1 Å². The molecule has 1 aromatic heterocycles. The Kier molecular flexibility index (Phi) is 6.21. The number of rotatable bonds is 7. The quantitative estimate of drug-likeness (QED) is 0.520. The van der Waals surface area contributed by atoms with Gasteiger partial charge in [0.05, 0.1) is 5.52 Å². The molecule has 0 bridgehead atoms. The molecule has 0 radical (unpaired) electrons. The van der Waals surface area contributed by atoms with Gasteiger partial charge in [0, 0.05) is 29.8 Å². The van der Waals surface area contributed by atoms with Gasteiger partial charge in [0.1, 0.15) is 12.4 Å². The molecular weight excluding hydrogens is 336 g/mol. The molecular formula is C23H20N2O2. The summed E-state index contributed by atoms with van der Waals surface area (Å²) in [4.78, 5) is 16.4. The van der Waals surface area contributed by atoms with E-state index in [0.29, 0.717) is 6.54 Å². The van der Waals surface area contributed by atoms with Crippen molar-refractivity contribution in [3.63, 3.8) is 0 Å². The number of aromatic nitrogens is 1. The highest BCUT2D eigenvalue weighted by Gasteiger charge is 2.01. The average molecular weight is 356 g/mol. The number of nitrogens with one attached hydrogen (secondary N) is 1. The monoisotopic (exact) mass is 356 g/mol. The summed E-state index contributed by atoms with van der Waals surface area (Å²) in [5, 5.41) is 3.95. The molecule has 1 N–H and O–H groups in total. The molecule has 0 unspecified atom stereocenters. The minimum absolute atomic E-state index is 0.128. The Morgan fingerprint density at radius 1 is 1.15 bits per heavy atom. The van der Waals surface area contributed by atoms with Crippen molar-refractivity contribution in [2.24, 2.45) is 0 Å². The molecule has 0 saturated heterocycles. The van der Waals surface area contributed by atoms with Crippen LogP contribution in [0.15, 0.2) is 66.9 Å². The molecule has 3 rings (SSSR count). The summed E-state index contributed by atoms with van der Waals surface area (Å²) >= 11 is 0. The van der Waals surface area contributed by atoms with Gasteiger partial charge in [-0.2, -0.15) is 0 Å². The van der Waals surface area contributed by atoms with Crippen molar-refractivity contribution in [3.8, 4) is 18.1 Å². The van der Waals surface area contributed by atoms with Crippen molar-refractivity contribution in [2.45, 2.75) is 6.42 Å². The van der Waals surface area contributed by atoms with Gasteiger partial charge in [0.15, 0.2) is 0 Å². The van der Waals surface area contributed by atoms with Gasteiger partial charge < -0.3 is 10.1 Å². The minimum Gasteiger partial charge on any atom is -0.481 e. The topological polar surface area (TPSA) is 51.2 Å². The van der Waals surface area contributed by atoms with Crippen molar-refractivity contribution in [1.82, 2.24) is 10.3 Å². The van der Waals surface area contributed by atoms with Crippen LogP contribution in [-0.2, 0) is 11.2 Å². The van der Waals surface area contributed by atoms with E-state index in [-0.39, 0.29) is 12.5 Å². The van der Waals surface area contributed by atoms with Crippen molar-refractivity contribution < 1.29 is 9.53 Å². The second kappa shape index (κ2) is 9.21. The van der Waals surface area contributed by atoms with E-state index < -0.39 is 0 Å². The highest BCUT2D eigenvalue weighted by molar-refractivity contribution is 5.95. The second-order valence-electron chi connectivity index (χ2n) is 5.93. The largest absolute Gasteiger partial charge is 0.481 e. The first-order valence-electron chi connectivity index (χ1n) is 8.71. The third-order valence-electron chi connectivity index (χ3n) is 4.04. The molecule has 0 fully saturated rings. The molecule has 134 valence electrons. The average Bonchev–Trinajstić information content (AvgIpc) is 2.71. The maximum Gasteiger partial charge on any atom is 0.244 e. The highest BCUT2D eigenvalue weighted by Crippen LogP contribution is 2.17. The molecule has 0 spiro atoms. The van der Waals surface area contributed by atoms with Crippen molar-refractivity contribution in [3.05, 3.63) is 78.0 Å². The molecule has 4 heteroatoms. The van der Waals surface area contributed by atoms with Crippen molar-refractivity contribution in [1.29, 1.82) is 0 Å². The number of amides is 1. The number of fused-ring (bicyclic) bond motifs is 1. The van der Waals surface area contributed by atoms with Gasteiger partial charge in [-0.1, -0.05) is 42.3 Å². The molecule has 0 atom stereocenters. The number of pyridine rings is 1. The van der Waals surface area contributed by atoms with Crippen LogP contribution in [-0.4, -0.2) is 24.0 Å². The first-order valence-corrected chi connectivity index (χ1v) is 8.71. The van der Waals surface area contributed by atoms with E-state index in [1.165, 1.54) is 0 Å². The molecule has 0 aliphatic heterocycles. The van der Waals surface area contributed by atoms with Crippen LogP contribution in [0.4, 0.5) is 0 Å². The van der Waals surface area contributed by atoms with E-state index >= 15 is 0 Å². The number of hydrogen-bond donors (Lipinski definition) is 1. The summed E-state index contributed by atoms with van der Waals surface area (Å²) in [7, 11) is 0. The van der Waals surface area contributed by atoms with Crippen LogP contribution in [0.1, 0.15) is 11.1 Å². The van der Waals surface area contributed by atoms with Crippen LogP contribution in [0.2, 0.25) is 0 Å². The molecule has 3 aromatic rings. The van der Waals surface area contributed by atoms with E-state index in [2.05, 4.69) is 16.2 Å². The van der Waals surface area contributed by atoms with Gasteiger partial charge >= 0.3 is 0 Å². The first kappa shape index (κ1) is 18.2. The summed E-state index contributed by atoms with van der Waals surface area (Å²) in [6.07, 6.45) is 11.0. The maximum atomic E-state index is 12.1. The fraction of sp³-hybridized carbons (Fsp3) is 0.130. The number of benzene rings is 2. The van der Waals surface area contributed by atoms with Crippen molar-refractivity contribution >= 4 is 22.9 Å². The van der Waals surface area contributed by atoms with Gasteiger partial charge in [0.25, 0.3) is 0 Å². The molecule has 1 heterocycles. The number of para-hydroxylation sites is 1. The standard InChI is InChI=1S/C23H20N2O2/c1-2-17-27-21-11-8-18(9-12-21)14-16-24-22(26)13-10-20-6-3-5-19-7-4-15-25-23(19)20/h1,3-13,15H,14,16-17H2,(H,24,26). The van der Waals surface area contributed by atoms with E-state index in [0.717, 1.165) is 34.2 Å². The lowest BCUT2D eigenvalue weighted by Gasteiger charge is -2.05. The minimum atomic E-state index is -0.128. The summed E-state index contributed by atoms with van der Waals surface area (Å²) < 4.78 is 5.34. The summed E-state index contributed by atoms with van der Waals surface area (Å²) in [6.45, 7) is 0.815. The molecule has 2 aromatic carbocycles. The predicted octanol–water partition coefficient (Wildman–Crippen LogP) is 3.62. The highest BCUT2D eigenvalue weighted by atomic mass is 16.5.